The number of hydrogen-bond donors (Lipinski definition) is 1. The first-order chi connectivity index (χ1) is 9.75. The first-order valence-corrected chi connectivity index (χ1v) is 7.71. The van der Waals surface area contributed by atoms with E-state index in [1.54, 1.807) is 0 Å². The van der Waals surface area contributed by atoms with Crippen molar-refractivity contribution in [2.75, 3.05) is 6.54 Å². The topological polar surface area (TPSA) is 46.2 Å². The van der Waals surface area contributed by atoms with Crippen LogP contribution in [0.3, 0.4) is 0 Å². The quantitative estimate of drug-likeness (QED) is 0.840. The second-order valence-electron chi connectivity index (χ2n) is 5.93. The van der Waals surface area contributed by atoms with Gasteiger partial charge in [0.2, 0.25) is 0 Å². The van der Waals surface area contributed by atoms with Crippen LogP contribution in [0.4, 0.5) is 0 Å². The SMILES string of the molecule is O=C1NCCCc2ccc(C(=O)C3CCCCC3)cc21. The van der Waals surface area contributed by atoms with Gasteiger partial charge in [-0.3, -0.25) is 9.59 Å². The number of carbonyl (C=O) groups is 2. The van der Waals surface area contributed by atoms with E-state index in [9.17, 15) is 9.59 Å². The molecule has 1 fully saturated rings. The summed E-state index contributed by atoms with van der Waals surface area (Å²) in [6, 6.07) is 5.69. The molecule has 0 unspecified atom stereocenters. The Labute approximate surface area is 119 Å². The van der Waals surface area contributed by atoms with Crippen molar-refractivity contribution in [2.24, 2.45) is 5.92 Å². The summed E-state index contributed by atoms with van der Waals surface area (Å²) >= 11 is 0. The number of Topliss-reactive ketones (excluding diaryl/α,β-unsaturated/α-hetero) is 1. The van der Waals surface area contributed by atoms with Gasteiger partial charge in [-0.1, -0.05) is 31.4 Å². The smallest absolute Gasteiger partial charge is 0.251 e. The zero-order valence-corrected chi connectivity index (χ0v) is 11.8. The predicted octanol–water partition coefficient (Wildman–Crippen LogP) is 3.13. The molecule has 1 amide bonds. The van der Waals surface area contributed by atoms with Gasteiger partial charge in [0.1, 0.15) is 0 Å². The van der Waals surface area contributed by atoms with Crippen molar-refractivity contribution in [3.05, 3.63) is 34.9 Å². The summed E-state index contributed by atoms with van der Waals surface area (Å²) in [6.07, 6.45) is 7.44. The third kappa shape index (κ3) is 2.62. The Balaban J connectivity index is 1.87. The van der Waals surface area contributed by atoms with E-state index < -0.39 is 0 Å². The van der Waals surface area contributed by atoms with Crippen LogP contribution in [0.15, 0.2) is 18.2 Å². The first-order valence-electron chi connectivity index (χ1n) is 7.71. The molecule has 106 valence electrons. The van der Waals surface area contributed by atoms with E-state index in [0.717, 1.165) is 50.6 Å². The lowest BCUT2D eigenvalue weighted by atomic mass is 9.83. The van der Waals surface area contributed by atoms with Crippen molar-refractivity contribution in [1.82, 2.24) is 5.32 Å². The van der Waals surface area contributed by atoms with Gasteiger partial charge in [0, 0.05) is 23.6 Å². The van der Waals surface area contributed by atoms with E-state index in [2.05, 4.69) is 5.32 Å². The molecular formula is C17H21NO2. The molecule has 1 saturated carbocycles. The highest BCUT2D eigenvalue weighted by Crippen LogP contribution is 2.28. The molecule has 0 radical (unpaired) electrons. The van der Waals surface area contributed by atoms with Gasteiger partial charge in [-0.2, -0.15) is 0 Å². The fraction of sp³-hybridized carbons (Fsp3) is 0.529. The number of amides is 1. The molecule has 1 heterocycles. The third-order valence-corrected chi connectivity index (χ3v) is 4.52. The molecule has 0 spiro atoms. The van der Waals surface area contributed by atoms with E-state index >= 15 is 0 Å². The summed E-state index contributed by atoms with van der Waals surface area (Å²) in [4.78, 5) is 24.6. The average Bonchev–Trinajstić information content (AvgIpc) is 2.69. The molecule has 0 atom stereocenters. The summed E-state index contributed by atoms with van der Waals surface area (Å²) in [5, 5.41) is 2.90. The summed E-state index contributed by atoms with van der Waals surface area (Å²) in [7, 11) is 0. The molecule has 0 bridgehead atoms. The lowest BCUT2D eigenvalue weighted by molar-refractivity contribution is 0.0889. The van der Waals surface area contributed by atoms with Crippen molar-refractivity contribution in [3.63, 3.8) is 0 Å². The third-order valence-electron chi connectivity index (χ3n) is 4.52. The Kier molecular flexibility index (Phi) is 3.86. The van der Waals surface area contributed by atoms with Crippen LogP contribution in [-0.2, 0) is 6.42 Å². The Morgan fingerprint density at radius 1 is 1.10 bits per heavy atom. The molecule has 1 aliphatic carbocycles. The van der Waals surface area contributed by atoms with E-state index in [1.807, 2.05) is 18.2 Å². The van der Waals surface area contributed by atoms with Crippen molar-refractivity contribution < 1.29 is 9.59 Å². The van der Waals surface area contributed by atoms with Crippen LogP contribution in [0.25, 0.3) is 0 Å². The van der Waals surface area contributed by atoms with Gasteiger partial charge in [-0.25, -0.2) is 0 Å². The molecule has 1 aliphatic heterocycles. The van der Waals surface area contributed by atoms with Crippen molar-refractivity contribution >= 4 is 11.7 Å². The van der Waals surface area contributed by atoms with Crippen LogP contribution < -0.4 is 5.32 Å². The second-order valence-corrected chi connectivity index (χ2v) is 5.93. The minimum absolute atomic E-state index is 0.0317. The normalized spacial score (nSPS) is 19.9. The fourth-order valence-electron chi connectivity index (χ4n) is 3.34. The maximum Gasteiger partial charge on any atom is 0.251 e. The molecule has 0 aromatic heterocycles. The zero-order valence-electron chi connectivity index (χ0n) is 11.8. The lowest BCUT2D eigenvalue weighted by Gasteiger charge is -2.20. The van der Waals surface area contributed by atoms with Crippen LogP contribution in [-0.4, -0.2) is 18.2 Å². The molecule has 2 aliphatic rings. The molecule has 20 heavy (non-hydrogen) atoms. The summed E-state index contributed by atoms with van der Waals surface area (Å²) in [5.41, 5.74) is 2.48. The zero-order chi connectivity index (χ0) is 13.9. The van der Waals surface area contributed by atoms with Crippen molar-refractivity contribution in [3.8, 4) is 0 Å². The van der Waals surface area contributed by atoms with Crippen molar-refractivity contribution in [2.45, 2.75) is 44.9 Å². The van der Waals surface area contributed by atoms with E-state index in [4.69, 9.17) is 0 Å². The van der Waals surface area contributed by atoms with Gasteiger partial charge in [0.15, 0.2) is 5.78 Å². The maximum atomic E-state index is 12.5. The summed E-state index contributed by atoms with van der Waals surface area (Å²) in [5.74, 6) is 0.357. The Morgan fingerprint density at radius 2 is 1.90 bits per heavy atom. The number of benzene rings is 1. The van der Waals surface area contributed by atoms with Crippen LogP contribution in [0.2, 0.25) is 0 Å². The second kappa shape index (κ2) is 5.78. The number of carbonyl (C=O) groups excluding carboxylic acids is 2. The van der Waals surface area contributed by atoms with Crippen LogP contribution >= 0.6 is 0 Å². The van der Waals surface area contributed by atoms with Crippen LogP contribution in [0.5, 0.6) is 0 Å². The standard InChI is InChI=1S/C17H21NO2/c19-16(13-5-2-1-3-6-13)14-9-8-12-7-4-10-18-17(20)15(12)11-14/h8-9,11,13H,1-7,10H2,(H,18,20). The Hall–Kier alpha value is -1.64. The molecule has 3 rings (SSSR count). The van der Waals surface area contributed by atoms with Gasteiger partial charge in [0.25, 0.3) is 5.91 Å². The molecule has 1 aromatic carbocycles. The number of nitrogens with one attached hydrogen (secondary N) is 1. The molecule has 3 nitrogen and oxygen atoms in total. The van der Waals surface area contributed by atoms with E-state index in [0.29, 0.717) is 11.1 Å². The highest BCUT2D eigenvalue weighted by Gasteiger charge is 2.24. The van der Waals surface area contributed by atoms with Gasteiger partial charge >= 0.3 is 0 Å². The van der Waals surface area contributed by atoms with Gasteiger partial charge in [-0.05, 0) is 37.3 Å². The molecule has 1 N–H and O–H groups in total. The molecular weight excluding hydrogens is 250 g/mol. The fourth-order valence-corrected chi connectivity index (χ4v) is 3.34. The molecule has 1 aromatic rings. The average molecular weight is 271 g/mol. The lowest BCUT2D eigenvalue weighted by Crippen LogP contribution is -2.23. The maximum absolute atomic E-state index is 12.5. The number of hydrogen-bond acceptors (Lipinski definition) is 2. The van der Waals surface area contributed by atoms with E-state index in [-0.39, 0.29) is 17.6 Å². The Bertz CT molecular complexity index is 530. The minimum atomic E-state index is -0.0317. The number of fused-ring (bicyclic) bond motifs is 1. The summed E-state index contributed by atoms with van der Waals surface area (Å²) < 4.78 is 0. The molecule has 0 saturated heterocycles. The first kappa shape index (κ1) is 13.3. The highest BCUT2D eigenvalue weighted by atomic mass is 16.1. The van der Waals surface area contributed by atoms with Crippen LogP contribution in [0.1, 0.15) is 64.8 Å². The van der Waals surface area contributed by atoms with Gasteiger partial charge in [-0.15, -0.1) is 0 Å². The van der Waals surface area contributed by atoms with Gasteiger partial charge < -0.3 is 5.32 Å². The number of ketones is 1. The highest BCUT2D eigenvalue weighted by molar-refractivity contribution is 6.02. The Morgan fingerprint density at radius 3 is 2.70 bits per heavy atom. The molecule has 3 heteroatoms. The van der Waals surface area contributed by atoms with Crippen molar-refractivity contribution in [1.29, 1.82) is 0 Å². The predicted molar refractivity (Wildman–Crippen MR) is 78.0 cm³/mol. The largest absolute Gasteiger partial charge is 0.352 e. The monoisotopic (exact) mass is 271 g/mol. The minimum Gasteiger partial charge on any atom is -0.352 e. The van der Waals surface area contributed by atoms with E-state index in [1.165, 1.54) is 6.42 Å². The summed E-state index contributed by atoms with van der Waals surface area (Å²) in [6.45, 7) is 0.722. The van der Waals surface area contributed by atoms with Gasteiger partial charge in [0.05, 0.1) is 0 Å². The van der Waals surface area contributed by atoms with Crippen LogP contribution in [0, 0.1) is 5.92 Å². The number of aryl methyl sites for hydroxylation is 1. The number of rotatable bonds is 2.